The zero-order valence-corrected chi connectivity index (χ0v) is 10.6. The van der Waals surface area contributed by atoms with Crippen LogP contribution in [0.3, 0.4) is 0 Å². The van der Waals surface area contributed by atoms with Crippen LogP contribution in [-0.2, 0) is 0 Å². The maximum absolute atomic E-state index is 5.30. The van der Waals surface area contributed by atoms with Gasteiger partial charge >= 0.3 is 0 Å². The standard InChI is InChI=1S/C11H18N4S/c1-7-5-14(6-8(7)2)10-12-13-11(16)15(10)9-3-4-9/h7-9H,3-6H2,1-2H3,(H,13,16). The number of aromatic amines is 1. The van der Waals surface area contributed by atoms with Crippen LogP contribution in [0.4, 0.5) is 5.95 Å². The molecule has 3 rings (SSSR count). The number of H-pyrrole nitrogens is 1. The molecule has 2 heterocycles. The van der Waals surface area contributed by atoms with Crippen LogP contribution in [0.25, 0.3) is 0 Å². The summed E-state index contributed by atoms with van der Waals surface area (Å²) in [5.41, 5.74) is 0. The van der Waals surface area contributed by atoms with Crippen LogP contribution in [0.2, 0.25) is 0 Å². The van der Waals surface area contributed by atoms with Crippen LogP contribution in [0.5, 0.6) is 0 Å². The van der Waals surface area contributed by atoms with E-state index in [2.05, 4.69) is 33.5 Å². The van der Waals surface area contributed by atoms with E-state index in [9.17, 15) is 0 Å². The van der Waals surface area contributed by atoms with Crippen LogP contribution < -0.4 is 4.90 Å². The molecular formula is C11H18N4S. The topological polar surface area (TPSA) is 36.9 Å². The van der Waals surface area contributed by atoms with E-state index >= 15 is 0 Å². The second kappa shape index (κ2) is 3.58. The van der Waals surface area contributed by atoms with Crippen LogP contribution in [0, 0.1) is 16.6 Å². The number of hydrogen-bond acceptors (Lipinski definition) is 3. The first-order valence-corrected chi connectivity index (χ1v) is 6.49. The Morgan fingerprint density at radius 2 is 1.88 bits per heavy atom. The molecule has 0 radical (unpaired) electrons. The Balaban J connectivity index is 1.92. The molecule has 2 fully saturated rings. The van der Waals surface area contributed by atoms with Crippen molar-refractivity contribution in [3.05, 3.63) is 4.77 Å². The Morgan fingerprint density at radius 1 is 1.25 bits per heavy atom. The van der Waals surface area contributed by atoms with Crippen molar-refractivity contribution in [1.29, 1.82) is 0 Å². The van der Waals surface area contributed by atoms with Gasteiger partial charge in [0.15, 0.2) is 4.77 Å². The molecule has 0 amide bonds. The number of rotatable bonds is 2. The highest BCUT2D eigenvalue weighted by molar-refractivity contribution is 7.71. The highest BCUT2D eigenvalue weighted by Crippen LogP contribution is 2.39. The average Bonchev–Trinajstić information content (AvgIpc) is 2.93. The van der Waals surface area contributed by atoms with Gasteiger partial charge in [0.05, 0.1) is 0 Å². The first kappa shape index (κ1) is 10.3. The van der Waals surface area contributed by atoms with Crippen molar-refractivity contribution in [3.8, 4) is 0 Å². The van der Waals surface area contributed by atoms with Gasteiger partial charge in [-0.3, -0.25) is 4.57 Å². The average molecular weight is 238 g/mol. The first-order valence-electron chi connectivity index (χ1n) is 6.08. The number of nitrogens with zero attached hydrogens (tertiary/aromatic N) is 3. The maximum Gasteiger partial charge on any atom is 0.225 e. The molecule has 5 heteroatoms. The van der Waals surface area contributed by atoms with Crippen LogP contribution in [0.1, 0.15) is 32.7 Å². The van der Waals surface area contributed by atoms with E-state index in [1.54, 1.807) is 0 Å². The van der Waals surface area contributed by atoms with E-state index in [4.69, 9.17) is 12.2 Å². The summed E-state index contributed by atoms with van der Waals surface area (Å²) >= 11 is 5.30. The van der Waals surface area contributed by atoms with Crippen LogP contribution >= 0.6 is 12.2 Å². The summed E-state index contributed by atoms with van der Waals surface area (Å²) in [5.74, 6) is 2.56. The third-order valence-electron chi connectivity index (χ3n) is 3.87. The molecule has 1 saturated heterocycles. The lowest BCUT2D eigenvalue weighted by Crippen LogP contribution is -2.23. The molecule has 2 aliphatic rings. The molecule has 88 valence electrons. The summed E-state index contributed by atoms with van der Waals surface area (Å²) < 4.78 is 2.99. The van der Waals surface area contributed by atoms with Crippen molar-refractivity contribution in [2.75, 3.05) is 18.0 Å². The van der Waals surface area contributed by atoms with E-state index < -0.39 is 0 Å². The third-order valence-corrected chi connectivity index (χ3v) is 4.16. The van der Waals surface area contributed by atoms with Crippen molar-refractivity contribution in [1.82, 2.24) is 14.8 Å². The minimum atomic E-state index is 0.604. The normalized spacial score (nSPS) is 30.0. The van der Waals surface area contributed by atoms with Gasteiger partial charge in [-0.2, -0.15) is 0 Å². The van der Waals surface area contributed by atoms with Crippen LogP contribution in [-0.4, -0.2) is 27.9 Å². The van der Waals surface area contributed by atoms with Crippen molar-refractivity contribution < 1.29 is 0 Å². The fraction of sp³-hybridized carbons (Fsp3) is 0.818. The quantitative estimate of drug-likeness (QED) is 0.804. The number of nitrogens with one attached hydrogen (secondary N) is 1. The minimum absolute atomic E-state index is 0.604. The molecule has 2 atom stereocenters. The van der Waals surface area contributed by atoms with E-state index in [0.29, 0.717) is 6.04 Å². The predicted octanol–water partition coefficient (Wildman–Crippen LogP) is 2.37. The number of anilines is 1. The maximum atomic E-state index is 5.30. The Hall–Kier alpha value is -0.840. The van der Waals surface area contributed by atoms with E-state index in [-0.39, 0.29) is 0 Å². The smallest absolute Gasteiger partial charge is 0.225 e. The van der Waals surface area contributed by atoms with E-state index in [1.165, 1.54) is 12.8 Å². The summed E-state index contributed by atoms with van der Waals surface area (Å²) in [5, 5.41) is 7.34. The Bertz CT molecular complexity index is 435. The molecule has 4 nitrogen and oxygen atoms in total. The van der Waals surface area contributed by atoms with Gasteiger partial charge in [0, 0.05) is 19.1 Å². The molecule has 1 aliphatic heterocycles. The van der Waals surface area contributed by atoms with Crippen LogP contribution in [0.15, 0.2) is 0 Å². The second-order valence-corrected chi connectivity index (χ2v) is 5.68. The zero-order chi connectivity index (χ0) is 11.3. The first-order chi connectivity index (χ1) is 7.66. The highest BCUT2D eigenvalue weighted by Gasteiger charge is 2.33. The van der Waals surface area contributed by atoms with Gasteiger partial charge in [-0.15, -0.1) is 5.10 Å². The lowest BCUT2D eigenvalue weighted by Gasteiger charge is -2.17. The molecule has 1 N–H and O–H groups in total. The second-order valence-electron chi connectivity index (χ2n) is 5.29. The highest BCUT2D eigenvalue weighted by atomic mass is 32.1. The fourth-order valence-corrected chi connectivity index (χ4v) is 2.75. The molecule has 1 saturated carbocycles. The van der Waals surface area contributed by atoms with Crippen molar-refractivity contribution in [2.45, 2.75) is 32.7 Å². The largest absolute Gasteiger partial charge is 0.340 e. The van der Waals surface area contributed by atoms with Crippen molar-refractivity contribution in [2.24, 2.45) is 11.8 Å². The Labute approximate surface area is 101 Å². The lowest BCUT2D eigenvalue weighted by atomic mass is 10.0. The molecule has 16 heavy (non-hydrogen) atoms. The van der Waals surface area contributed by atoms with Crippen molar-refractivity contribution >= 4 is 18.2 Å². The number of aromatic nitrogens is 3. The predicted molar refractivity (Wildman–Crippen MR) is 66.2 cm³/mol. The third kappa shape index (κ3) is 1.57. The molecule has 0 bridgehead atoms. The zero-order valence-electron chi connectivity index (χ0n) is 9.81. The van der Waals surface area contributed by atoms with Gasteiger partial charge in [0.1, 0.15) is 0 Å². The van der Waals surface area contributed by atoms with Gasteiger partial charge in [-0.1, -0.05) is 13.8 Å². The van der Waals surface area contributed by atoms with E-state index in [1.807, 2.05) is 0 Å². The Kier molecular flexibility index (Phi) is 2.31. The summed E-state index contributed by atoms with van der Waals surface area (Å²) in [6, 6.07) is 0.604. The molecule has 1 aliphatic carbocycles. The summed E-state index contributed by atoms with van der Waals surface area (Å²) in [7, 11) is 0. The van der Waals surface area contributed by atoms with Gasteiger partial charge in [-0.05, 0) is 36.9 Å². The molecule has 0 spiro atoms. The number of hydrogen-bond donors (Lipinski definition) is 1. The molecular weight excluding hydrogens is 220 g/mol. The summed E-state index contributed by atoms with van der Waals surface area (Å²) in [6.07, 6.45) is 2.50. The van der Waals surface area contributed by atoms with Gasteiger partial charge in [0.25, 0.3) is 0 Å². The molecule has 2 unspecified atom stereocenters. The SMILES string of the molecule is CC1CN(c2n[nH]c(=S)n2C2CC2)CC1C. The molecule has 0 aromatic carbocycles. The molecule has 1 aromatic heterocycles. The minimum Gasteiger partial charge on any atom is -0.340 e. The Morgan fingerprint density at radius 3 is 2.44 bits per heavy atom. The van der Waals surface area contributed by atoms with Gasteiger partial charge in [-0.25, -0.2) is 5.10 Å². The van der Waals surface area contributed by atoms with Gasteiger partial charge in [0.2, 0.25) is 5.95 Å². The van der Waals surface area contributed by atoms with Gasteiger partial charge < -0.3 is 4.90 Å². The van der Waals surface area contributed by atoms with E-state index in [0.717, 1.165) is 35.6 Å². The summed E-state index contributed by atoms with van der Waals surface area (Å²) in [6.45, 7) is 6.84. The fourth-order valence-electron chi connectivity index (χ4n) is 2.47. The summed E-state index contributed by atoms with van der Waals surface area (Å²) in [4.78, 5) is 2.37. The monoisotopic (exact) mass is 238 g/mol. The van der Waals surface area contributed by atoms with Crippen molar-refractivity contribution in [3.63, 3.8) is 0 Å². The molecule has 1 aromatic rings. The lowest BCUT2D eigenvalue weighted by molar-refractivity contribution is 0.494.